The maximum absolute atomic E-state index is 12.2. The molecule has 9 heteroatoms. The molecule has 0 heterocycles. The summed E-state index contributed by atoms with van der Waals surface area (Å²) in [5.41, 5.74) is 0.294. The lowest BCUT2D eigenvalue weighted by atomic mass is 10.2. The van der Waals surface area contributed by atoms with Crippen LogP contribution in [0.3, 0.4) is 0 Å². The fraction of sp³-hybridized carbons (Fsp3) is 0.188. The van der Waals surface area contributed by atoms with E-state index in [1.54, 1.807) is 24.3 Å². The molecule has 0 saturated carbocycles. The fourth-order valence-electron chi connectivity index (χ4n) is 1.91. The highest BCUT2D eigenvalue weighted by molar-refractivity contribution is 7.89. The topological polar surface area (TPSA) is 111 Å². The number of hydrogen-bond donors (Lipinski definition) is 1. The second kappa shape index (κ2) is 8.25. The van der Waals surface area contributed by atoms with E-state index in [4.69, 9.17) is 4.74 Å². The van der Waals surface area contributed by atoms with Crippen molar-refractivity contribution >= 4 is 21.9 Å². The van der Waals surface area contributed by atoms with Crippen molar-refractivity contribution in [2.75, 3.05) is 6.61 Å². The molecule has 0 aromatic heterocycles. The number of nitrogens with zero attached hydrogens (tertiary/aromatic N) is 2. The van der Waals surface area contributed by atoms with Gasteiger partial charge in [0.2, 0.25) is 0 Å². The summed E-state index contributed by atoms with van der Waals surface area (Å²) in [5.74, 6) is 0.586. The van der Waals surface area contributed by atoms with E-state index in [0.717, 1.165) is 12.5 Å². The Morgan fingerprint density at radius 3 is 2.72 bits per heavy atom. The Hall–Kier alpha value is -2.94. The van der Waals surface area contributed by atoms with Gasteiger partial charge >= 0.3 is 0 Å². The average Bonchev–Trinajstić information content (AvgIpc) is 2.61. The molecule has 0 aliphatic rings. The summed E-state index contributed by atoms with van der Waals surface area (Å²) in [6.07, 6.45) is 2.16. The highest BCUT2D eigenvalue weighted by atomic mass is 32.2. The number of nitrogens with one attached hydrogen (secondary N) is 1. The second-order valence-electron chi connectivity index (χ2n) is 4.99. The molecule has 0 fully saturated rings. The van der Waals surface area contributed by atoms with Gasteiger partial charge in [-0.25, -0.2) is 4.83 Å². The number of benzene rings is 2. The van der Waals surface area contributed by atoms with Crippen LogP contribution in [0, 0.1) is 10.1 Å². The average molecular weight is 363 g/mol. The number of ether oxygens (including phenoxy) is 1. The molecule has 25 heavy (non-hydrogen) atoms. The second-order valence-corrected chi connectivity index (χ2v) is 6.65. The summed E-state index contributed by atoms with van der Waals surface area (Å²) in [6, 6.07) is 11.8. The van der Waals surface area contributed by atoms with Crippen LogP contribution < -0.4 is 9.57 Å². The summed E-state index contributed by atoms with van der Waals surface area (Å²) in [5, 5.41) is 14.5. The molecule has 0 radical (unpaired) electrons. The van der Waals surface area contributed by atoms with Crippen molar-refractivity contribution in [2.24, 2.45) is 5.10 Å². The van der Waals surface area contributed by atoms with Gasteiger partial charge in [-0.05, 0) is 24.6 Å². The number of non-ortho nitro benzene ring substituents is 1. The van der Waals surface area contributed by atoms with E-state index in [0.29, 0.717) is 17.9 Å². The van der Waals surface area contributed by atoms with Crippen molar-refractivity contribution in [2.45, 2.75) is 18.2 Å². The van der Waals surface area contributed by atoms with Gasteiger partial charge in [0, 0.05) is 17.7 Å². The van der Waals surface area contributed by atoms with Crippen LogP contribution in [0.1, 0.15) is 18.9 Å². The quantitative estimate of drug-likeness (QED) is 0.440. The van der Waals surface area contributed by atoms with Gasteiger partial charge in [0.15, 0.2) is 0 Å². The molecule has 132 valence electrons. The highest BCUT2D eigenvalue weighted by Crippen LogP contribution is 2.18. The van der Waals surface area contributed by atoms with E-state index in [-0.39, 0.29) is 10.6 Å². The van der Waals surface area contributed by atoms with Gasteiger partial charge in [-0.2, -0.15) is 13.5 Å². The maximum Gasteiger partial charge on any atom is 0.276 e. The summed E-state index contributed by atoms with van der Waals surface area (Å²) in [4.78, 5) is 11.9. The molecular weight excluding hydrogens is 346 g/mol. The van der Waals surface area contributed by atoms with E-state index in [9.17, 15) is 18.5 Å². The lowest BCUT2D eigenvalue weighted by Crippen LogP contribution is -2.18. The third-order valence-electron chi connectivity index (χ3n) is 3.10. The SMILES string of the molecule is CCCOc1ccccc1/C=N/NS(=O)(=O)c1cccc([N+](=O)[O-])c1. The predicted molar refractivity (Wildman–Crippen MR) is 93.2 cm³/mol. The molecule has 0 amide bonds. The molecule has 2 rings (SSSR count). The first kappa shape index (κ1) is 18.4. The van der Waals surface area contributed by atoms with Crippen LogP contribution in [0.2, 0.25) is 0 Å². The van der Waals surface area contributed by atoms with E-state index >= 15 is 0 Å². The zero-order chi connectivity index (χ0) is 18.3. The molecule has 0 aliphatic heterocycles. The lowest BCUT2D eigenvalue weighted by Gasteiger charge is -2.07. The minimum atomic E-state index is -4.01. The molecule has 0 spiro atoms. The van der Waals surface area contributed by atoms with E-state index in [1.165, 1.54) is 24.4 Å². The van der Waals surface area contributed by atoms with E-state index < -0.39 is 14.9 Å². The van der Waals surface area contributed by atoms with Crippen molar-refractivity contribution in [3.63, 3.8) is 0 Å². The molecule has 0 bridgehead atoms. The predicted octanol–water partition coefficient (Wildman–Crippen LogP) is 2.70. The number of sulfonamides is 1. The van der Waals surface area contributed by atoms with E-state index in [1.807, 2.05) is 11.8 Å². The third-order valence-corrected chi connectivity index (χ3v) is 4.32. The van der Waals surface area contributed by atoms with Crippen LogP contribution in [0.4, 0.5) is 5.69 Å². The number of hydrogen-bond acceptors (Lipinski definition) is 6. The summed E-state index contributed by atoms with van der Waals surface area (Å²) < 4.78 is 29.9. The number of nitro groups is 1. The Morgan fingerprint density at radius 2 is 2.00 bits per heavy atom. The minimum absolute atomic E-state index is 0.241. The van der Waals surface area contributed by atoms with Gasteiger partial charge in [-0.3, -0.25) is 10.1 Å². The van der Waals surface area contributed by atoms with Crippen LogP contribution in [-0.2, 0) is 10.0 Å². The zero-order valence-electron chi connectivity index (χ0n) is 13.5. The van der Waals surface area contributed by atoms with Gasteiger partial charge in [-0.15, -0.1) is 0 Å². The number of rotatable bonds is 8. The Labute approximate surface area is 145 Å². The van der Waals surface area contributed by atoms with Crippen LogP contribution in [0.5, 0.6) is 5.75 Å². The summed E-state index contributed by atoms with van der Waals surface area (Å²) >= 11 is 0. The van der Waals surface area contributed by atoms with E-state index in [2.05, 4.69) is 5.10 Å². The van der Waals surface area contributed by atoms with Gasteiger partial charge in [0.05, 0.1) is 22.6 Å². The molecule has 2 aromatic carbocycles. The molecule has 0 saturated heterocycles. The molecular formula is C16H17N3O5S. The normalized spacial score (nSPS) is 11.4. The first-order chi connectivity index (χ1) is 11.9. The smallest absolute Gasteiger partial charge is 0.276 e. The van der Waals surface area contributed by atoms with Crippen LogP contribution in [0.15, 0.2) is 58.5 Å². The minimum Gasteiger partial charge on any atom is -0.493 e. The molecule has 0 aliphatic carbocycles. The standard InChI is InChI=1S/C16H17N3O5S/c1-2-10-24-16-9-4-3-6-13(16)12-17-18-25(22,23)15-8-5-7-14(11-15)19(20)21/h3-9,11-12,18H,2,10H2,1H3/b17-12+. The van der Waals surface area contributed by atoms with Crippen molar-refractivity contribution in [3.8, 4) is 5.75 Å². The fourth-order valence-corrected chi connectivity index (χ4v) is 2.74. The molecule has 2 aromatic rings. The first-order valence-corrected chi connectivity index (χ1v) is 8.93. The van der Waals surface area contributed by atoms with Gasteiger partial charge in [0.25, 0.3) is 15.7 Å². The molecule has 1 N–H and O–H groups in total. The Balaban J connectivity index is 2.16. The highest BCUT2D eigenvalue weighted by Gasteiger charge is 2.16. The monoisotopic (exact) mass is 363 g/mol. The number of para-hydroxylation sites is 1. The van der Waals surface area contributed by atoms with Crippen LogP contribution >= 0.6 is 0 Å². The van der Waals surface area contributed by atoms with Crippen molar-refractivity contribution in [1.29, 1.82) is 0 Å². The largest absolute Gasteiger partial charge is 0.493 e. The van der Waals surface area contributed by atoms with Crippen LogP contribution in [0.25, 0.3) is 0 Å². The van der Waals surface area contributed by atoms with Crippen molar-refractivity contribution in [1.82, 2.24) is 4.83 Å². The van der Waals surface area contributed by atoms with Gasteiger partial charge in [0.1, 0.15) is 5.75 Å². The molecule has 0 unspecified atom stereocenters. The molecule has 0 atom stereocenters. The van der Waals surface area contributed by atoms with Crippen molar-refractivity contribution < 1.29 is 18.1 Å². The third kappa shape index (κ3) is 5.01. The first-order valence-electron chi connectivity index (χ1n) is 7.45. The Bertz CT molecular complexity index is 881. The number of hydrazone groups is 1. The Morgan fingerprint density at radius 1 is 1.24 bits per heavy atom. The van der Waals surface area contributed by atoms with Crippen molar-refractivity contribution in [3.05, 3.63) is 64.2 Å². The van der Waals surface area contributed by atoms with Crippen LogP contribution in [-0.4, -0.2) is 26.2 Å². The lowest BCUT2D eigenvalue weighted by molar-refractivity contribution is -0.385. The Kier molecular flexibility index (Phi) is 6.07. The van der Waals surface area contributed by atoms with Gasteiger partial charge in [-0.1, -0.05) is 25.1 Å². The number of nitro benzene ring substituents is 1. The molecule has 8 nitrogen and oxygen atoms in total. The maximum atomic E-state index is 12.2. The summed E-state index contributed by atoms with van der Waals surface area (Å²) in [7, 11) is -4.01. The zero-order valence-corrected chi connectivity index (χ0v) is 14.3. The van der Waals surface area contributed by atoms with Gasteiger partial charge < -0.3 is 4.74 Å². The summed E-state index contributed by atoms with van der Waals surface area (Å²) in [6.45, 7) is 2.51.